The summed E-state index contributed by atoms with van der Waals surface area (Å²) >= 11 is 0. The summed E-state index contributed by atoms with van der Waals surface area (Å²) in [5.41, 5.74) is -0.859. The molecule has 0 spiro atoms. The molecule has 1 unspecified atom stereocenters. The number of phenols is 1. The molecule has 0 bridgehead atoms. The summed E-state index contributed by atoms with van der Waals surface area (Å²) in [5, 5.41) is 43.9. The van der Waals surface area contributed by atoms with Crippen LogP contribution in [-0.4, -0.2) is 61.5 Å². The first-order valence-electron chi connectivity index (χ1n) is 14.6. The van der Waals surface area contributed by atoms with E-state index in [4.69, 9.17) is 5.73 Å². The highest BCUT2D eigenvalue weighted by molar-refractivity contribution is 6.24. The number of ketones is 2. The van der Waals surface area contributed by atoms with Crippen LogP contribution in [0.5, 0.6) is 5.75 Å². The average molecular weight is 629 g/mol. The number of aliphatic hydroxyl groups excluding tert-OH is 2. The van der Waals surface area contributed by atoms with E-state index in [2.05, 4.69) is 0 Å². The molecule has 0 aliphatic heterocycles. The topological polar surface area (TPSA) is 161 Å². The Labute approximate surface area is 257 Å². The normalized spacial score (nSPS) is 23.6. The van der Waals surface area contributed by atoms with Gasteiger partial charge in [0.15, 0.2) is 11.4 Å². The molecule has 12 heteroatoms. The number of carbonyl (C=O) groups excluding carboxylic acids is 3. The Hall–Kier alpha value is -4.16. The van der Waals surface area contributed by atoms with Gasteiger partial charge in [0.2, 0.25) is 5.78 Å². The van der Waals surface area contributed by atoms with Gasteiger partial charge < -0.3 is 26.2 Å². The number of fused-ring (bicyclic) bond motifs is 3. The van der Waals surface area contributed by atoms with Gasteiger partial charge in [-0.25, -0.2) is 0 Å². The summed E-state index contributed by atoms with van der Waals surface area (Å²) in [6, 6.07) is 10.5. The molecule has 1 amide bonds. The SMILES string of the molecule is CCN(Cc1cc(O)c2c(c1C(F)(F)F)CC1C[C@H]3CC(O)=C(C(N)=O)C(=O)[C@@]3(O)C(O)=C1C2=O)CC(C)(C)c1ccccc1. The van der Waals surface area contributed by atoms with Crippen LogP contribution < -0.4 is 5.73 Å². The molecule has 0 heterocycles. The molecule has 2 aromatic carbocycles. The van der Waals surface area contributed by atoms with Gasteiger partial charge in [-0.05, 0) is 48.1 Å². The van der Waals surface area contributed by atoms with Crippen molar-refractivity contribution in [3.05, 3.63) is 86.9 Å². The van der Waals surface area contributed by atoms with Crippen molar-refractivity contribution >= 4 is 17.5 Å². The minimum Gasteiger partial charge on any atom is -0.511 e. The molecule has 3 aliphatic rings. The summed E-state index contributed by atoms with van der Waals surface area (Å²) in [5.74, 6) is -8.81. The van der Waals surface area contributed by atoms with E-state index in [9.17, 15) is 48.0 Å². The third-order valence-corrected chi connectivity index (χ3v) is 9.44. The lowest BCUT2D eigenvalue weighted by Gasteiger charge is -2.45. The molecule has 0 fully saturated rings. The van der Waals surface area contributed by atoms with Gasteiger partial charge in [0.05, 0.1) is 11.1 Å². The Balaban J connectivity index is 1.59. The second kappa shape index (κ2) is 11.0. The molecule has 0 saturated carbocycles. The Morgan fingerprint density at radius 3 is 2.31 bits per heavy atom. The molecule has 5 rings (SSSR count). The number of rotatable bonds is 7. The first kappa shape index (κ1) is 32.2. The van der Waals surface area contributed by atoms with Crippen LogP contribution in [-0.2, 0) is 34.1 Å². The van der Waals surface area contributed by atoms with Crippen molar-refractivity contribution in [3.63, 3.8) is 0 Å². The fourth-order valence-electron chi connectivity index (χ4n) is 7.30. The van der Waals surface area contributed by atoms with Crippen LogP contribution in [0.4, 0.5) is 13.2 Å². The van der Waals surface area contributed by atoms with Gasteiger partial charge in [-0.2, -0.15) is 13.2 Å². The van der Waals surface area contributed by atoms with Crippen LogP contribution in [0.15, 0.2) is 59.1 Å². The van der Waals surface area contributed by atoms with E-state index in [0.717, 1.165) is 11.6 Å². The zero-order valence-corrected chi connectivity index (χ0v) is 25.0. The average Bonchev–Trinajstić information content (AvgIpc) is 2.93. The van der Waals surface area contributed by atoms with Crippen molar-refractivity contribution in [2.75, 3.05) is 13.1 Å². The van der Waals surface area contributed by atoms with Gasteiger partial charge >= 0.3 is 6.18 Å². The lowest BCUT2D eigenvalue weighted by atomic mass is 9.60. The number of phenolic OH excluding ortho intramolecular Hbond substituents is 1. The second-order valence-corrected chi connectivity index (χ2v) is 12.7. The lowest BCUT2D eigenvalue weighted by Crippen LogP contribution is -2.57. The van der Waals surface area contributed by atoms with Gasteiger partial charge in [0.25, 0.3) is 5.91 Å². The number of allylic oxidation sites excluding steroid dienone is 2. The zero-order valence-electron chi connectivity index (χ0n) is 25.0. The number of hydrogen-bond donors (Lipinski definition) is 5. The Morgan fingerprint density at radius 1 is 1.09 bits per heavy atom. The first-order valence-corrected chi connectivity index (χ1v) is 14.6. The maximum Gasteiger partial charge on any atom is 0.417 e. The maximum absolute atomic E-state index is 14.9. The van der Waals surface area contributed by atoms with Crippen molar-refractivity contribution in [3.8, 4) is 5.75 Å². The summed E-state index contributed by atoms with van der Waals surface area (Å²) in [6.45, 7) is 6.39. The fraction of sp³-hybridized carbons (Fsp3) is 0.424. The number of Topliss-reactive ketones (excluding diaryl/α,β-unsaturated/α-hetero) is 2. The maximum atomic E-state index is 14.9. The highest BCUT2D eigenvalue weighted by Crippen LogP contribution is 2.53. The number of nitrogens with zero attached hydrogens (tertiary/aromatic N) is 1. The summed E-state index contributed by atoms with van der Waals surface area (Å²) in [7, 11) is 0. The predicted octanol–water partition coefficient (Wildman–Crippen LogP) is 4.40. The van der Waals surface area contributed by atoms with Gasteiger partial charge in [0, 0.05) is 36.4 Å². The number of primary amides is 1. The zero-order chi connectivity index (χ0) is 33.2. The molecular formula is C33H35F3N2O7. The first-order chi connectivity index (χ1) is 20.9. The molecule has 3 atom stereocenters. The molecule has 0 saturated heterocycles. The number of aromatic hydroxyl groups is 1. The van der Waals surface area contributed by atoms with Gasteiger partial charge in [-0.15, -0.1) is 0 Å². The molecule has 45 heavy (non-hydrogen) atoms. The summed E-state index contributed by atoms with van der Waals surface area (Å²) in [4.78, 5) is 40.5. The Morgan fingerprint density at radius 2 is 1.73 bits per heavy atom. The summed E-state index contributed by atoms with van der Waals surface area (Å²) < 4.78 is 44.6. The van der Waals surface area contributed by atoms with E-state index in [1.165, 1.54) is 0 Å². The lowest BCUT2D eigenvalue weighted by molar-refractivity contribution is -0.144. The molecule has 2 aromatic rings. The molecule has 6 N–H and O–H groups in total. The van der Waals surface area contributed by atoms with E-state index in [0.29, 0.717) is 13.1 Å². The minimum atomic E-state index is -4.92. The standard InChI is InChI=1S/C33H35F3N2O7/c1-4-38(15-31(2,3)18-8-6-5-7-9-18)14-17-12-21(39)24-20(26(17)33(34,35)36)11-16-10-19-13-22(40)25(30(37)44)29(43)32(19,45)28(42)23(16)27(24)41/h5-9,12,16,19,39-40,42,45H,4,10-11,13-15H2,1-3H3,(H2,37,44)/t16?,19-,32-/m0/s1. The predicted molar refractivity (Wildman–Crippen MR) is 156 cm³/mol. The molecule has 9 nitrogen and oxygen atoms in total. The van der Waals surface area contributed by atoms with Gasteiger partial charge in [-0.1, -0.05) is 51.1 Å². The minimum absolute atomic E-state index is 0.180. The quantitative estimate of drug-likeness (QED) is 0.282. The number of halogens is 3. The van der Waals surface area contributed by atoms with E-state index in [1.54, 1.807) is 0 Å². The number of alkyl halides is 3. The molecule has 240 valence electrons. The Bertz CT molecular complexity index is 1660. The third-order valence-electron chi connectivity index (χ3n) is 9.44. The third kappa shape index (κ3) is 5.19. The van der Waals surface area contributed by atoms with Crippen LogP contribution in [0.2, 0.25) is 0 Å². The molecule has 0 radical (unpaired) electrons. The van der Waals surface area contributed by atoms with E-state index >= 15 is 0 Å². The number of likely N-dealkylation sites (N-methyl/N-ethyl adjacent to an activating group) is 1. The van der Waals surface area contributed by atoms with Crippen molar-refractivity contribution in [2.45, 2.75) is 63.8 Å². The largest absolute Gasteiger partial charge is 0.511 e. The molecular weight excluding hydrogens is 593 g/mol. The highest BCUT2D eigenvalue weighted by atomic mass is 19.4. The number of amides is 1. The van der Waals surface area contributed by atoms with E-state index < -0.39 is 104 Å². The van der Waals surface area contributed by atoms with Gasteiger partial charge in [0.1, 0.15) is 22.8 Å². The Kier molecular flexibility index (Phi) is 7.90. The van der Waals surface area contributed by atoms with Crippen LogP contribution in [0, 0.1) is 11.8 Å². The van der Waals surface area contributed by atoms with Crippen LogP contribution in [0.1, 0.15) is 66.2 Å². The fourth-order valence-corrected chi connectivity index (χ4v) is 7.30. The summed E-state index contributed by atoms with van der Waals surface area (Å²) in [6.07, 6.45) is -6.10. The smallest absolute Gasteiger partial charge is 0.417 e. The van der Waals surface area contributed by atoms with Gasteiger partial charge in [-0.3, -0.25) is 19.3 Å². The van der Waals surface area contributed by atoms with Crippen molar-refractivity contribution in [2.24, 2.45) is 17.6 Å². The van der Waals surface area contributed by atoms with Crippen LogP contribution in [0.3, 0.4) is 0 Å². The van der Waals surface area contributed by atoms with E-state index in [-0.39, 0.29) is 18.5 Å². The number of hydrogen-bond acceptors (Lipinski definition) is 8. The number of nitrogens with two attached hydrogens (primary N) is 1. The highest BCUT2D eigenvalue weighted by Gasteiger charge is 2.60. The number of aliphatic hydroxyl groups is 3. The van der Waals surface area contributed by atoms with Crippen molar-refractivity contribution in [1.82, 2.24) is 4.90 Å². The van der Waals surface area contributed by atoms with Crippen molar-refractivity contribution in [1.29, 1.82) is 0 Å². The van der Waals surface area contributed by atoms with Crippen molar-refractivity contribution < 1.29 is 48.0 Å². The number of carbonyl (C=O) groups is 3. The van der Waals surface area contributed by atoms with Crippen LogP contribution >= 0.6 is 0 Å². The number of benzene rings is 2. The second-order valence-electron chi connectivity index (χ2n) is 12.7. The monoisotopic (exact) mass is 628 g/mol. The molecule has 0 aromatic heterocycles. The van der Waals surface area contributed by atoms with E-state index in [1.807, 2.05) is 56.0 Å². The molecule has 3 aliphatic carbocycles. The van der Waals surface area contributed by atoms with Crippen LogP contribution in [0.25, 0.3) is 0 Å².